The van der Waals surface area contributed by atoms with Crippen molar-refractivity contribution in [2.45, 2.75) is 58.5 Å². The lowest BCUT2D eigenvalue weighted by atomic mass is 9.80. The highest BCUT2D eigenvalue weighted by atomic mass is 19.1. The second kappa shape index (κ2) is 4.77. The fourth-order valence-electron chi connectivity index (χ4n) is 2.35. The molecule has 0 unspecified atom stereocenters. The maximum atomic E-state index is 14.0. The molecule has 0 aromatic heterocycles. The average Bonchev–Trinajstić information content (AvgIpc) is 3.05. The van der Waals surface area contributed by atoms with Gasteiger partial charge in [-0.15, -0.1) is 0 Å². The lowest BCUT2D eigenvalue weighted by Gasteiger charge is -2.30. The van der Waals surface area contributed by atoms with Gasteiger partial charge in [0.25, 0.3) is 0 Å². The summed E-state index contributed by atoms with van der Waals surface area (Å²) in [6.45, 7) is 9.29. The lowest BCUT2D eigenvalue weighted by molar-refractivity contribution is 0.0367. The van der Waals surface area contributed by atoms with Crippen LogP contribution in [-0.4, -0.2) is 10.7 Å². The maximum Gasteiger partial charge on any atom is 0.129 e. The molecule has 0 saturated heterocycles. The number of halogens is 1. The van der Waals surface area contributed by atoms with E-state index < -0.39 is 5.60 Å². The topological polar surface area (TPSA) is 20.2 Å². The standard InChI is InChI=1S/C13H17FO.C2H6/c1-9-5-4-6-10(11(9)14)13(7-8-13)12(2,3)15;1-2/h4-6,15H,7-8H2,1-3H3;1-2H3. The molecule has 1 aliphatic carbocycles. The summed E-state index contributed by atoms with van der Waals surface area (Å²) >= 11 is 0. The van der Waals surface area contributed by atoms with E-state index in [4.69, 9.17) is 0 Å². The van der Waals surface area contributed by atoms with Crippen molar-refractivity contribution in [2.24, 2.45) is 0 Å². The number of benzene rings is 1. The molecule has 1 aromatic carbocycles. The Morgan fingerprint density at radius 3 is 2.18 bits per heavy atom. The van der Waals surface area contributed by atoms with Crippen LogP contribution in [0.2, 0.25) is 0 Å². The van der Waals surface area contributed by atoms with Gasteiger partial charge < -0.3 is 5.11 Å². The molecule has 1 aliphatic rings. The van der Waals surface area contributed by atoms with E-state index in [0.29, 0.717) is 11.1 Å². The fraction of sp³-hybridized carbons (Fsp3) is 0.600. The SMILES string of the molecule is CC.Cc1cccc(C2(C(C)(C)O)CC2)c1F. The van der Waals surface area contributed by atoms with Gasteiger partial charge >= 0.3 is 0 Å². The van der Waals surface area contributed by atoms with Crippen LogP contribution in [0, 0.1) is 12.7 Å². The van der Waals surface area contributed by atoms with Crippen LogP contribution in [0.1, 0.15) is 51.7 Å². The maximum absolute atomic E-state index is 14.0. The van der Waals surface area contributed by atoms with E-state index in [1.807, 2.05) is 19.9 Å². The summed E-state index contributed by atoms with van der Waals surface area (Å²) in [6, 6.07) is 5.42. The molecule has 1 nitrogen and oxygen atoms in total. The van der Waals surface area contributed by atoms with Crippen LogP contribution in [-0.2, 0) is 5.41 Å². The number of hydrogen-bond acceptors (Lipinski definition) is 1. The smallest absolute Gasteiger partial charge is 0.129 e. The predicted octanol–water partition coefficient (Wildman–Crippen LogP) is 3.96. The first-order chi connectivity index (χ1) is 7.88. The number of aryl methyl sites for hydroxylation is 1. The molecule has 0 aliphatic heterocycles. The normalized spacial score (nSPS) is 17.1. The van der Waals surface area contributed by atoms with Crippen molar-refractivity contribution in [3.05, 3.63) is 35.1 Å². The summed E-state index contributed by atoms with van der Waals surface area (Å²) in [6.07, 6.45) is 1.74. The predicted molar refractivity (Wildman–Crippen MR) is 69.7 cm³/mol. The monoisotopic (exact) mass is 238 g/mol. The van der Waals surface area contributed by atoms with Gasteiger partial charge in [0.2, 0.25) is 0 Å². The minimum Gasteiger partial charge on any atom is -0.390 e. The fourth-order valence-corrected chi connectivity index (χ4v) is 2.35. The summed E-state index contributed by atoms with van der Waals surface area (Å²) in [5.41, 5.74) is 0.128. The molecule has 96 valence electrons. The summed E-state index contributed by atoms with van der Waals surface area (Å²) in [5, 5.41) is 10.1. The second-order valence-electron chi connectivity index (χ2n) is 5.08. The molecule has 17 heavy (non-hydrogen) atoms. The largest absolute Gasteiger partial charge is 0.390 e. The van der Waals surface area contributed by atoms with E-state index in [0.717, 1.165) is 12.8 Å². The van der Waals surface area contributed by atoms with Gasteiger partial charge in [0.1, 0.15) is 5.82 Å². The van der Waals surface area contributed by atoms with Gasteiger partial charge in [0, 0.05) is 5.41 Å². The van der Waals surface area contributed by atoms with E-state index >= 15 is 0 Å². The molecule has 0 heterocycles. The molecule has 2 rings (SSSR count). The Kier molecular flexibility index (Phi) is 3.98. The summed E-state index contributed by atoms with van der Waals surface area (Å²) in [5.74, 6) is -0.155. The Morgan fingerprint density at radius 2 is 1.76 bits per heavy atom. The quantitative estimate of drug-likeness (QED) is 0.826. The van der Waals surface area contributed by atoms with Crippen LogP contribution in [0.3, 0.4) is 0 Å². The van der Waals surface area contributed by atoms with Gasteiger partial charge in [0.05, 0.1) is 5.60 Å². The van der Waals surface area contributed by atoms with Gasteiger partial charge in [-0.25, -0.2) is 4.39 Å². The van der Waals surface area contributed by atoms with E-state index in [9.17, 15) is 9.50 Å². The first kappa shape index (κ1) is 14.2. The molecule has 1 aromatic rings. The molecule has 0 bridgehead atoms. The van der Waals surface area contributed by atoms with Crippen molar-refractivity contribution in [1.82, 2.24) is 0 Å². The first-order valence-corrected chi connectivity index (χ1v) is 6.36. The van der Waals surface area contributed by atoms with Gasteiger partial charge in [-0.1, -0.05) is 32.0 Å². The molecule has 1 N–H and O–H groups in total. The third-order valence-corrected chi connectivity index (χ3v) is 3.63. The molecule has 2 heteroatoms. The minimum atomic E-state index is -0.846. The molecule has 0 spiro atoms. The van der Waals surface area contributed by atoms with Crippen LogP contribution >= 0.6 is 0 Å². The average molecular weight is 238 g/mol. The third kappa shape index (κ3) is 2.37. The van der Waals surface area contributed by atoms with Crippen LogP contribution in [0.4, 0.5) is 4.39 Å². The highest BCUT2D eigenvalue weighted by Gasteiger charge is 2.56. The Hall–Kier alpha value is -0.890. The lowest BCUT2D eigenvalue weighted by Crippen LogP contribution is -2.36. The molecule has 0 atom stereocenters. The summed E-state index contributed by atoms with van der Waals surface area (Å²) in [7, 11) is 0. The number of hydrogen-bond donors (Lipinski definition) is 1. The van der Waals surface area contributed by atoms with Gasteiger partial charge in [-0.2, -0.15) is 0 Å². The van der Waals surface area contributed by atoms with Crippen molar-refractivity contribution in [2.75, 3.05) is 0 Å². The molecular formula is C15H23FO. The van der Waals surface area contributed by atoms with Crippen molar-refractivity contribution in [3.63, 3.8) is 0 Å². The van der Waals surface area contributed by atoms with Crippen molar-refractivity contribution >= 4 is 0 Å². The minimum absolute atomic E-state index is 0.155. The van der Waals surface area contributed by atoms with Crippen molar-refractivity contribution in [1.29, 1.82) is 0 Å². The molecule has 1 fully saturated rings. The Balaban J connectivity index is 0.000000686. The van der Waals surface area contributed by atoms with Crippen LogP contribution in [0.15, 0.2) is 18.2 Å². The zero-order chi connectivity index (χ0) is 13.3. The molecule has 0 amide bonds. The van der Waals surface area contributed by atoms with Crippen molar-refractivity contribution in [3.8, 4) is 0 Å². The van der Waals surface area contributed by atoms with E-state index in [1.54, 1.807) is 32.9 Å². The highest BCUT2D eigenvalue weighted by Crippen LogP contribution is 2.56. The third-order valence-electron chi connectivity index (χ3n) is 3.63. The van der Waals surface area contributed by atoms with Crippen LogP contribution < -0.4 is 0 Å². The number of rotatable bonds is 2. The van der Waals surface area contributed by atoms with E-state index in [-0.39, 0.29) is 11.2 Å². The molecular weight excluding hydrogens is 215 g/mol. The number of aliphatic hydroxyl groups is 1. The zero-order valence-electron chi connectivity index (χ0n) is 11.5. The van der Waals surface area contributed by atoms with Crippen molar-refractivity contribution < 1.29 is 9.50 Å². The van der Waals surface area contributed by atoms with E-state index in [1.165, 1.54) is 0 Å². The first-order valence-electron chi connectivity index (χ1n) is 6.36. The Labute approximate surface area is 104 Å². The van der Waals surface area contributed by atoms with Gasteiger partial charge in [-0.05, 0) is 44.7 Å². The van der Waals surface area contributed by atoms with Gasteiger partial charge in [0.15, 0.2) is 0 Å². The van der Waals surface area contributed by atoms with Crippen LogP contribution in [0.5, 0.6) is 0 Å². The zero-order valence-corrected chi connectivity index (χ0v) is 11.5. The second-order valence-corrected chi connectivity index (χ2v) is 5.08. The summed E-state index contributed by atoms with van der Waals surface area (Å²) < 4.78 is 14.0. The van der Waals surface area contributed by atoms with Crippen LogP contribution in [0.25, 0.3) is 0 Å². The van der Waals surface area contributed by atoms with E-state index in [2.05, 4.69) is 0 Å². The highest BCUT2D eigenvalue weighted by molar-refractivity contribution is 5.39. The molecule has 0 radical (unpaired) electrons. The molecule has 1 saturated carbocycles. The van der Waals surface area contributed by atoms with Gasteiger partial charge in [-0.3, -0.25) is 0 Å². The Morgan fingerprint density at radius 1 is 1.24 bits per heavy atom. The Bertz CT molecular complexity index is 386. The summed E-state index contributed by atoms with van der Waals surface area (Å²) in [4.78, 5) is 0.